The predicted molar refractivity (Wildman–Crippen MR) is 146 cm³/mol. The summed E-state index contributed by atoms with van der Waals surface area (Å²) in [5, 5.41) is 20.5. The van der Waals surface area contributed by atoms with Crippen LogP contribution in [-0.2, 0) is 13.0 Å². The standard InChI is InChI=1S/C30H41N3O5/c1-21(34)16-31-13-10-26(11-14-31)38-27-7-8-28-29(15-27)37-22(2)17-33(30(28)36)20-25(35)19-32-12-9-23-5-3-4-6-24(23)18-32/h3-8,15,21-22,25-26,34-35H,9-14,16-20H2,1-2H3/t21-,22+,25+/m0/s1. The lowest BCUT2D eigenvalue weighted by Gasteiger charge is -2.32. The molecule has 206 valence electrons. The minimum absolute atomic E-state index is 0.102. The first-order valence-corrected chi connectivity index (χ1v) is 14.0. The van der Waals surface area contributed by atoms with Crippen LogP contribution < -0.4 is 9.47 Å². The smallest absolute Gasteiger partial charge is 0.257 e. The van der Waals surface area contributed by atoms with Gasteiger partial charge in [0.2, 0.25) is 0 Å². The van der Waals surface area contributed by atoms with Crippen molar-refractivity contribution in [2.24, 2.45) is 0 Å². The number of aliphatic hydroxyl groups is 2. The third-order valence-electron chi connectivity index (χ3n) is 7.75. The molecule has 3 aliphatic heterocycles. The molecule has 3 aliphatic rings. The fourth-order valence-corrected chi connectivity index (χ4v) is 5.92. The minimum Gasteiger partial charge on any atom is -0.490 e. The Morgan fingerprint density at radius 2 is 1.76 bits per heavy atom. The van der Waals surface area contributed by atoms with Gasteiger partial charge in [0.1, 0.15) is 23.7 Å². The zero-order valence-electron chi connectivity index (χ0n) is 22.6. The fourth-order valence-electron chi connectivity index (χ4n) is 5.92. The molecular weight excluding hydrogens is 482 g/mol. The summed E-state index contributed by atoms with van der Waals surface area (Å²) >= 11 is 0. The Hall–Kier alpha value is -2.65. The van der Waals surface area contributed by atoms with Crippen LogP contribution in [0.25, 0.3) is 0 Å². The molecule has 0 aliphatic carbocycles. The average Bonchev–Trinajstić information content (AvgIpc) is 2.99. The highest BCUT2D eigenvalue weighted by atomic mass is 16.5. The second kappa shape index (κ2) is 12.0. The Balaban J connectivity index is 1.18. The van der Waals surface area contributed by atoms with Crippen LogP contribution >= 0.6 is 0 Å². The Kier molecular flexibility index (Phi) is 8.53. The van der Waals surface area contributed by atoms with Crippen LogP contribution in [0.3, 0.4) is 0 Å². The van der Waals surface area contributed by atoms with E-state index in [4.69, 9.17) is 9.47 Å². The summed E-state index contributed by atoms with van der Waals surface area (Å²) in [6.07, 6.45) is 1.72. The van der Waals surface area contributed by atoms with Crippen molar-refractivity contribution in [1.82, 2.24) is 14.7 Å². The molecule has 2 aromatic rings. The summed E-state index contributed by atoms with van der Waals surface area (Å²) in [4.78, 5) is 19.7. The highest BCUT2D eigenvalue weighted by Gasteiger charge is 2.30. The number of carbonyl (C=O) groups excluding carboxylic acids is 1. The van der Waals surface area contributed by atoms with Crippen LogP contribution in [0.4, 0.5) is 0 Å². The largest absolute Gasteiger partial charge is 0.490 e. The maximum Gasteiger partial charge on any atom is 0.257 e. The van der Waals surface area contributed by atoms with Gasteiger partial charge in [-0.3, -0.25) is 9.69 Å². The van der Waals surface area contributed by atoms with Gasteiger partial charge in [0, 0.05) is 51.9 Å². The van der Waals surface area contributed by atoms with E-state index in [0.717, 1.165) is 45.4 Å². The van der Waals surface area contributed by atoms with Crippen molar-refractivity contribution in [3.8, 4) is 11.5 Å². The highest BCUT2D eigenvalue weighted by molar-refractivity contribution is 5.97. The Morgan fingerprint density at radius 3 is 2.53 bits per heavy atom. The molecule has 0 saturated carbocycles. The second-order valence-corrected chi connectivity index (χ2v) is 11.2. The number of nitrogens with zero attached hydrogens (tertiary/aromatic N) is 3. The first kappa shape index (κ1) is 26.9. The zero-order chi connectivity index (χ0) is 26.6. The van der Waals surface area contributed by atoms with Crippen LogP contribution in [0.15, 0.2) is 42.5 Å². The molecule has 2 aromatic carbocycles. The van der Waals surface area contributed by atoms with Gasteiger partial charge in [-0.2, -0.15) is 0 Å². The van der Waals surface area contributed by atoms with Gasteiger partial charge >= 0.3 is 0 Å². The third kappa shape index (κ3) is 6.67. The molecule has 1 fully saturated rings. The van der Waals surface area contributed by atoms with Gasteiger partial charge in [0.05, 0.1) is 24.3 Å². The molecular formula is C30H41N3O5. The normalized spacial score (nSPS) is 22.7. The van der Waals surface area contributed by atoms with E-state index in [-0.39, 0.29) is 30.8 Å². The topological polar surface area (TPSA) is 85.7 Å². The number of amides is 1. The SMILES string of the molecule is C[C@H](O)CN1CCC(Oc2ccc3c(c2)O[C@H](C)CN(C[C@H](O)CN2CCc4ccccc4C2)C3=O)CC1. The molecule has 3 heterocycles. The Bertz CT molecular complexity index is 1100. The summed E-state index contributed by atoms with van der Waals surface area (Å²) in [6.45, 7) is 9.21. The van der Waals surface area contributed by atoms with Crippen molar-refractivity contribution in [2.75, 3.05) is 45.8 Å². The molecule has 0 bridgehead atoms. The van der Waals surface area contributed by atoms with Gasteiger partial charge in [0.25, 0.3) is 5.91 Å². The summed E-state index contributed by atoms with van der Waals surface area (Å²) < 4.78 is 12.4. The van der Waals surface area contributed by atoms with Crippen molar-refractivity contribution in [2.45, 2.75) is 64.1 Å². The molecule has 3 atom stereocenters. The van der Waals surface area contributed by atoms with E-state index in [1.807, 2.05) is 26.0 Å². The number of benzene rings is 2. The van der Waals surface area contributed by atoms with E-state index in [1.165, 1.54) is 11.1 Å². The summed E-state index contributed by atoms with van der Waals surface area (Å²) in [7, 11) is 0. The quantitative estimate of drug-likeness (QED) is 0.550. The van der Waals surface area contributed by atoms with Crippen LogP contribution in [0.1, 0.15) is 48.2 Å². The molecule has 0 radical (unpaired) electrons. The molecule has 2 N–H and O–H groups in total. The maximum absolute atomic E-state index is 13.5. The number of ether oxygens (including phenoxy) is 2. The second-order valence-electron chi connectivity index (χ2n) is 11.2. The molecule has 1 amide bonds. The number of piperidine rings is 1. The maximum atomic E-state index is 13.5. The number of rotatable bonds is 8. The minimum atomic E-state index is -0.639. The molecule has 0 aromatic heterocycles. The fraction of sp³-hybridized carbons (Fsp3) is 0.567. The summed E-state index contributed by atoms with van der Waals surface area (Å²) in [5.41, 5.74) is 3.21. The van der Waals surface area contributed by atoms with Gasteiger partial charge in [-0.05, 0) is 56.4 Å². The monoisotopic (exact) mass is 523 g/mol. The lowest BCUT2D eigenvalue weighted by Crippen LogP contribution is -2.45. The van der Waals surface area contributed by atoms with Crippen molar-refractivity contribution < 1.29 is 24.5 Å². The van der Waals surface area contributed by atoms with E-state index in [0.29, 0.717) is 36.7 Å². The van der Waals surface area contributed by atoms with Crippen LogP contribution in [0, 0.1) is 0 Å². The van der Waals surface area contributed by atoms with Gasteiger partial charge in [0.15, 0.2) is 0 Å². The number of carbonyl (C=O) groups is 1. The number of likely N-dealkylation sites (tertiary alicyclic amines) is 1. The molecule has 8 heteroatoms. The summed E-state index contributed by atoms with van der Waals surface area (Å²) in [5.74, 6) is 1.12. The Labute approximate surface area is 225 Å². The molecule has 5 rings (SSSR count). The van der Waals surface area contributed by atoms with Gasteiger partial charge in [-0.1, -0.05) is 24.3 Å². The lowest BCUT2D eigenvalue weighted by atomic mass is 10.00. The van der Waals surface area contributed by atoms with Gasteiger partial charge < -0.3 is 29.5 Å². The first-order valence-electron chi connectivity index (χ1n) is 14.0. The number of aliphatic hydroxyl groups excluding tert-OH is 2. The summed E-state index contributed by atoms with van der Waals surface area (Å²) in [6, 6.07) is 13.9. The van der Waals surface area contributed by atoms with E-state index in [2.05, 4.69) is 34.1 Å². The van der Waals surface area contributed by atoms with E-state index >= 15 is 0 Å². The molecule has 8 nitrogen and oxygen atoms in total. The predicted octanol–water partition coefficient (Wildman–Crippen LogP) is 2.55. The number of hydrogen-bond acceptors (Lipinski definition) is 7. The molecule has 38 heavy (non-hydrogen) atoms. The van der Waals surface area contributed by atoms with Gasteiger partial charge in [-0.15, -0.1) is 0 Å². The Morgan fingerprint density at radius 1 is 1.00 bits per heavy atom. The average molecular weight is 524 g/mol. The van der Waals surface area contributed by atoms with Crippen molar-refractivity contribution in [3.63, 3.8) is 0 Å². The third-order valence-corrected chi connectivity index (χ3v) is 7.75. The molecule has 0 unspecified atom stereocenters. The molecule has 1 saturated heterocycles. The van der Waals surface area contributed by atoms with E-state index < -0.39 is 6.10 Å². The van der Waals surface area contributed by atoms with Crippen molar-refractivity contribution in [3.05, 3.63) is 59.2 Å². The lowest BCUT2D eigenvalue weighted by molar-refractivity contribution is 0.0454. The van der Waals surface area contributed by atoms with Crippen molar-refractivity contribution >= 4 is 5.91 Å². The van der Waals surface area contributed by atoms with Crippen molar-refractivity contribution in [1.29, 1.82) is 0 Å². The zero-order valence-corrected chi connectivity index (χ0v) is 22.6. The first-order chi connectivity index (χ1) is 18.3. The van der Waals surface area contributed by atoms with E-state index in [1.54, 1.807) is 11.0 Å². The molecule has 0 spiro atoms. The van der Waals surface area contributed by atoms with E-state index in [9.17, 15) is 15.0 Å². The number of β-amino-alcohol motifs (C(OH)–C–C–N with tert-alkyl or cyclic N) is 2. The van der Waals surface area contributed by atoms with Crippen LogP contribution in [-0.4, -0.2) is 101 Å². The number of hydrogen-bond donors (Lipinski definition) is 2. The van der Waals surface area contributed by atoms with Gasteiger partial charge in [-0.25, -0.2) is 0 Å². The highest BCUT2D eigenvalue weighted by Crippen LogP contribution is 2.31. The number of fused-ring (bicyclic) bond motifs is 2. The van der Waals surface area contributed by atoms with Crippen LogP contribution in [0.5, 0.6) is 11.5 Å². The van der Waals surface area contributed by atoms with Crippen LogP contribution in [0.2, 0.25) is 0 Å².